The van der Waals surface area contributed by atoms with E-state index in [4.69, 9.17) is 10.2 Å². The number of aliphatic hydroxyl groups is 2. The van der Waals surface area contributed by atoms with E-state index >= 15 is 0 Å². The van der Waals surface area contributed by atoms with E-state index in [1.807, 2.05) is 0 Å². The molecule has 0 aromatic heterocycles. The van der Waals surface area contributed by atoms with Crippen molar-refractivity contribution in [3.05, 3.63) is 0 Å². The monoisotopic (exact) mass is 216 g/mol. The number of hydrogen-bond donors (Lipinski definition) is 3. The Bertz CT molecular complexity index is 143. The lowest BCUT2D eigenvalue weighted by atomic mass is 10.1. The molecule has 3 N–H and O–H groups in total. The van der Waals surface area contributed by atoms with Gasteiger partial charge in [-0.2, -0.15) is 0 Å². The van der Waals surface area contributed by atoms with Gasteiger partial charge < -0.3 is 20.4 Å². The lowest BCUT2D eigenvalue weighted by Crippen LogP contribution is -2.32. The van der Waals surface area contributed by atoms with Crippen molar-refractivity contribution in [3.8, 4) is 0 Å². The molecule has 0 saturated carbocycles. The van der Waals surface area contributed by atoms with E-state index in [-0.39, 0.29) is 12.2 Å². The number of hydrogen-bond acceptors (Lipinski definition) is 4. The van der Waals surface area contributed by atoms with Crippen LogP contribution in [-0.4, -0.2) is 60.5 Å². The van der Waals surface area contributed by atoms with Crippen molar-refractivity contribution in [2.24, 2.45) is 0 Å². The molecule has 2 rings (SSSR count). The molecule has 2 aliphatic heterocycles. The van der Waals surface area contributed by atoms with Gasteiger partial charge in [0.15, 0.2) is 0 Å². The maximum absolute atomic E-state index is 9.00. The zero-order valence-corrected chi connectivity index (χ0v) is 9.65. The molecule has 2 saturated heterocycles. The maximum atomic E-state index is 9.00. The van der Waals surface area contributed by atoms with E-state index in [1.54, 1.807) is 0 Å². The number of rotatable bonds is 0. The van der Waals surface area contributed by atoms with E-state index < -0.39 is 0 Å². The van der Waals surface area contributed by atoms with Gasteiger partial charge in [-0.15, -0.1) is 0 Å². The summed E-state index contributed by atoms with van der Waals surface area (Å²) in [7, 11) is 2.09. The molecule has 0 spiro atoms. The molecule has 90 valence electrons. The van der Waals surface area contributed by atoms with Gasteiger partial charge in [0.2, 0.25) is 0 Å². The van der Waals surface area contributed by atoms with Crippen LogP contribution in [0.4, 0.5) is 0 Å². The van der Waals surface area contributed by atoms with Crippen molar-refractivity contribution in [1.29, 1.82) is 0 Å². The molecule has 0 amide bonds. The van der Waals surface area contributed by atoms with Gasteiger partial charge in [0.1, 0.15) is 0 Å². The van der Waals surface area contributed by atoms with Crippen molar-refractivity contribution >= 4 is 0 Å². The molecule has 0 aromatic rings. The Morgan fingerprint density at radius 3 is 1.73 bits per heavy atom. The lowest BCUT2D eigenvalue weighted by molar-refractivity contribution is 0.0943. The summed E-state index contributed by atoms with van der Waals surface area (Å²) in [5.74, 6) is 0. The van der Waals surface area contributed by atoms with Gasteiger partial charge in [-0.3, -0.25) is 0 Å². The Hall–Kier alpha value is -0.160. The predicted molar refractivity (Wildman–Crippen MR) is 60.8 cm³/mol. The van der Waals surface area contributed by atoms with Crippen LogP contribution in [0.3, 0.4) is 0 Å². The summed E-state index contributed by atoms with van der Waals surface area (Å²) < 4.78 is 0. The number of aliphatic hydroxyl groups excluding tert-OH is 2. The van der Waals surface area contributed by atoms with Crippen LogP contribution in [0, 0.1) is 0 Å². The van der Waals surface area contributed by atoms with Crippen molar-refractivity contribution in [1.82, 2.24) is 10.2 Å². The molecular formula is C11H24N2O2. The quantitative estimate of drug-likeness (QED) is 0.525. The largest absolute Gasteiger partial charge is 0.393 e. The third-order valence-electron chi connectivity index (χ3n) is 3.00. The Kier molecular flexibility index (Phi) is 6.17. The van der Waals surface area contributed by atoms with Crippen LogP contribution in [0.25, 0.3) is 0 Å². The molecule has 2 heterocycles. The Balaban J connectivity index is 0.000000151. The fourth-order valence-electron chi connectivity index (χ4n) is 1.80. The molecule has 0 unspecified atom stereocenters. The summed E-state index contributed by atoms with van der Waals surface area (Å²) in [5, 5.41) is 21.0. The highest BCUT2D eigenvalue weighted by Crippen LogP contribution is 2.06. The molecule has 15 heavy (non-hydrogen) atoms. The molecule has 0 bridgehead atoms. The zero-order valence-electron chi connectivity index (χ0n) is 9.65. The normalized spacial score (nSPS) is 25.8. The van der Waals surface area contributed by atoms with E-state index in [9.17, 15) is 0 Å². The van der Waals surface area contributed by atoms with Gasteiger partial charge in [0.25, 0.3) is 0 Å². The highest BCUT2D eigenvalue weighted by molar-refractivity contribution is 4.67. The predicted octanol–water partition coefficient (Wildman–Crippen LogP) is -0.196. The first-order valence-corrected chi connectivity index (χ1v) is 5.94. The molecule has 2 aliphatic rings. The topological polar surface area (TPSA) is 55.7 Å². The first kappa shape index (κ1) is 12.9. The number of nitrogens with zero attached hydrogens (tertiary/aromatic N) is 1. The first-order valence-electron chi connectivity index (χ1n) is 5.94. The van der Waals surface area contributed by atoms with Crippen LogP contribution >= 0.6 is 0 Å². The summed E-state index contributed by atoms with van der Waals surface area (Å²) in [5.41, 5.74) is 0. The van der Waals surface area contributed by atoms with E-state index in [2.05, 4.69) is 17.3 Å². The Morgan fingerprint density at radius 2 is 1.40 bits per heavy atom. The molecule has 2 fully saturated rings. The molecule has 0 radical (unpaired) electrons. The Morgan fingerprint density at radius 1 is 0.933 bits per heavy atom. The fourth-order valence-corrected chi connectivity index (χ4v) is 1.80. The fraction of sp³-hybridized carbons (Fsp3) is 1.00. The van der Waals surface area contributed by atoms with Crippen LogP contribution in [0.1, 0.15) is 25.7 Å². The highest BCUT2D eigenvalue weighted by atomic mass is 16.3. The summed E-state index contributed by atoms with van der Waals surface area (Å²) in [6, 6.07) is 0. The third kappa shape index (κ3) is 6.10. The number of nitrogens with one attached hydrogen (secondary N) is 1. The van der Waals surface area contributed by atoms with Gasteiger partial charge >= 0.3 is 0 Å². The molecule has 4 nitrogen and oxygen atoms in total. The summed E-state index contributed by atoms with van der Waals surface area (Å²) in [4.78, 5) is 2.24. The molecule has 4 heteroatoms. The van der Waals surface area contributed by atoms with Crippen LogP contribution in [0.2, 0.25) is 0 Å². The lowest BCUT2D eigenvalue weighted by Gasteiger charge is -2.25. The van der Waals surface area contributed by atoms with Crippen molar-refractivity contribution in [3.63, 3.8) is 0 Å². The second-order valence-electron chi connectivity index (χ2n) is 4.52. The van der Waals surface area contributed by atoms with Gasteiger partial charge in [0, 0.05) is 13.1 Å². The molecule has 0 aromatic carbocycles. The summed E-state index contributed by atoms with van der Waals surface area (Å²) in [6.45, 7) is 4.09. The van der Waals surface area contributed by atoms with E-state index in [0.717, 1.165) is 51.9 Å². The maximum Gasteiger partial charge on any atom is 0.0564 e. The average molecular weight is 216 g/mol. The third-order valence-corrected chi connectivity index (χ3v) is 3.00. The minimum Gasteiger partial charge on any atom is -0.393 e. The standard InChI is InChI=1S/C6H13NO.C5H11NO/c1-7-4-2-6(8)3-5-7;7-5-1-3-6-4-2-5/h6,8H,2-5H2,1H3;5-7H,1-4H2. The average Bonchev–Trinajstić information content (AvgIpc) is 2.25. The van der Waals surface area contributed by atoms with Gasteiger partial charge in [-0.25, -0.2) is 0 Å². The minimum atomic E-state index is -0.0266. The highest BCUT2D eigenvalue weighted by Gasteiger charge is 2.12. The molecular weight excluding hydrogens is 192 g/mol. The van der Waals surface area contributed by atoms with Crippen molar-refractivity contribution in [2.75, 3.05) is 33.2 Å². The van der Waals surface area contributed by atoms with Crippen LogP contribution < -0.4 is 5.32 Å². The van der Waals surface area contributed by atoms with E-state index in [1.165, 1.54) is 0 Å². The smallest absolute Gasteiger partial charge is 0.0564 e. The SMILES string of the molecule is CN1CCC(O)CC1.OC1CCNCC1. The second-order valence-corrected chi connectivity index (χ2v) is 4.52. The van der Waals surface area contributed by atoms with Gasteiger partial charge in [-0.1, -0.05) is 0 Å². The number of likely N-dealkylation sites (tertiary alicyclic amines) is 1. The minimum absolute atomic E-state index is 0.0220. The van der Waals surface area contributed by atoms with Crippen molar-refractivity contribution < 1.29 is 10.2 Å². The van der Waals surface area contributed by atoms with Crippen molar-refractivity contribution in [2.45, 2.75) is 37.9 Å². The van der Waals surface area contributed by atoms with Gasteiger partial charge in [-0.05, 0) is 45.8 Å². The summed E-state index contributed by atoms with van der Waals surface area (Å²) in [6.07, 6.45) is 3.72. The summed E-state index contributed by atoms with van der Waals surface area (Å²) >= 11 is 0. The first-order chi connectivity index (χ1) is 7.18. The van der Waals surface area contributed by atoms with E-state index in [0.29, 0.717) is 0 Å². The van der Waals surface area contributed by atoms with Crippen LogP contribution in [0.15, 0.2) is 0 Å². The molecule has 0 atom stereocenters. The van der Waals surface area contributed by atoms with Gasteiger partial charge in [0.05, 0.1) is 12.2 Å². The Labute approximate surface area is 92.3 Å². The van der Waals surface area contributed by atoms with Crippen LogP contribution in [-0.2, 0) is 0 Å². The van der Waals surface area contributed by atoms with Crippen LogP contribution in [0.5, 0.6) is 0 Å². The number of piperidine rings is 2. The zero-order chi connectivity index (χ0) is 11.1. The molecule has 0 aliphatic carbocycles. The second kappa shape index (κ2) is 7.17.